The smallest absolute Gasteiger partial charge is 0.223 e. The van der Waals surface area contributed by atoms with Gasteiger partial charge in [0.1, 0.15) is 0 Å². The summed E-state index contributed by atoms with van der Waals surface area (Å²) in [7, 11) is 1.78. The van der Waals surface area contributed by atoms with Gasteiger partial charge in [0.15, 0.2) is 11.8 Å². The minimum Gasteiger partial charge on any atom is -0.367 e. The van der Waals surface area contributed by atoms with Crippen LogP contribution in [0.5, 0.6) is 0 Å². The number of nitrogens with one attached hydrogen (secondary N) is 1. The van der Waals surface area contributed by atoms with Gasteiger partial charge < -0.3 is 19.6 Å². The molecule has 24 heavy (non-hydrogen) atoms. The lowest BCUT2D eigenvalue weighted by Gasteiger charge is -2.37. The van der Waals surface area contributed by atoms with E-state index in [0.717, 1.165) is 42.8 Å². The van der Waals surface area contributed by atoms with Gasteiger partial charge in [-0.15, -0.1) is 0 Å². The molecule has 0 amide bonds. The third kappa shape index (κ3) is 3.79. The van der Waals surface area contributed by atoms with E-state index >= 15 is 0 Å². The first-order chi connectivity index (χ1) is 11.7. The Bertz CT molecular complexity index is 708. The van der Waals surface area contributed by atoms with Gasteiger partial charge in [0, 0.05) is 40.2 Å². The lowest BCUT2D eigenvalue weighted by molar-refractivity contribution is 0.369. The summed E-state index contributed by atoms with van der Waals surface area (Å²) in [6.45, 7) is 5.80. The van der Waals surface area contributed by atoms with Gasteiger partial charge in [-0.05, 0) is 12.1 Å². The molecule has 1 aliphatic heterocycles. The second-order valence-corrected chi connectivity index (χ2v) is 5.96. The van der Waals surface area contributed by atoms with Crippen LogP contribution in [0.15, 0.2) is 33.8 Å². The molecule has 1 fully saturated rings. The number of guanidine groups is 1. The second-order valence-electron chi connectivity index (χ2n) is 5.56. The normalized spacial score (nSPS) is 15.7. The molecule has 0 bridgehead atoms. The summed E-state index contributed by atoms with van der Waals surface area (Å²) in [6.07, 6.45) is 0. The number of halogens is 1. The molecule has 0 radical (unpaired) electrons. The van der Waals surface area contributed by atoms with Crippen LogP contribution < -0.4 is 10.2 Å². The van der Waals surface area contributed by atoms with Gasteiger partial charge in [-0.2, -0.15) is 4.98 Å². The zero-order valence-electron chi connectivity index (χ0n) is 13.9. The van der Waals surface area contributed by atoms with Crippen molar-refractivity contribution in [2.45, 2.75) is 13.5 Å². The van der Waals surface area contributed by atoms with E-state index in [4.69, 9.17) is 16.1 Å². The van der Waals surface area contributed by atoms with Crippen LogP contribution >= 0.6 is 11.6 Å². The first kappa shape index (κ1) is 16.6. The molecule has 1 saturated heterocycles. The lowest BCUT2D eigenvalue weighted by Crippen LogP contribution is -2.52. The fraction of sp³-hybridized carbons (Fsp3) is 0.438. The quantitative estimate of drug-likeness (QED) is 0.675. The van der Waals surface area contributed by atoms with Crippen LogP contribution in [-0.2, 0) is 6.54 Å². The molecule has 2 aromatic rings. The molecular formula is C16H21ClN6O. The molecule has 0 spiro atoms. The number of nitrogens with zero attached hydrogens (tertiary/aromatic N) is 5. The van der Waals surface area contributed by atoms with Crippen molar-refractivity contribution in [3.05, 3.63) is 41.0 Å². The zero-order valence-corrected chi connectivity index (χ0v) is 14.6. The molecule has 0 saturated carbocycles. The van der Waals surface area contributed by atoms with Crippen molar-refractivity contribution in [2.24, 2.45) is 4.99 Å². The number of hydrogen-bond acceptors (Lipinski definition) is 5. The zero-order chi connectivity index (χ0) is 16.9. The van der Waals surface area contributed by atoms with Crippen LogP contribution in [0.25, 0.3) is 0 Å². The Hall–Kier alpha value is -2.28. The Kier molecular flexibility index (Phi) is 5.20. The highest BCUT2D eigenvalue weighted by molar-refractivity contribution is 6.33. The van der Waals surface area contributed by atoms with Crippen molar-refractivity contribution in [3.63, 3.8) is 0 Å². The number of aromatic nitrogens is 2. The molecule has 8 heteroatoms. The molecule has 1 aromatic heterocycles. The van der Waals surface area contributed by atoms with Crippen molar-refractivity contribution in [1.82, 2.24) is 20.4 Å². The predicted molar refractivity (Wildman–Crippen MR) is 94.5 cm³/mol. The molecule has 3 rings (SSSR count). The predicted octanol–water partition coefficient (Wildman–Crippen LogP) is 1.93. The van der Waals surface area contributed by atoms with E-state index in [1.807, 2.05) is 18.2 Å². The first-order valence-corrected chi connectivity index (χ1v) is 8.29. The Morgan fingerprint density at radius 3 is 2.67 bits per heavy atom. The molecule has 1 aliphatic rings. The number of aryl methyl sites for hydroxylation is 1. The molecule has 1 N–H and O–H groups in total. The number of anilines is 1. The fourth-order valence-electron chi connectivity index (χ4n) is 2.77. The van der Waals surface area contributed by atoms with E-state index in [2.05, 4.69) is 36.3 Å². The molecule has 128 valence electrons. The van der Waals surface area contributed by atoms with E-state index in [1.165, 1.54) is 0 Å². The minimum atomic E-state index is 0.495. The Morgan fingerprint density at radius 2 is 2.04 bits per heavy atom. The SMILES string of the molecule is CN=C(NCc1noc(C)n1)N1CCN(c2ccccc2Cl)CC1. The van der Waals surface area contributed by atoms with E-state index in [1.54, 1.807) is 14.0 Å². The van der Waals surface area contributed by atoms with Gasteiger partial charge in [-0.1, -0.05) is 28.9 Å². The first-order valence-electron chi connectivity index (χ1n) is 7.91. The van der Waals surface area contributed by atoms with Crippen LogP contribution in [0.2, 0.25) is 5.02 Å². The van der Waals surface area contributed by atoms with Crippen LogP contribution in [-0.4, -0.2) is 54.2 Å². The van der Waals surface area contributed by atoms with Gasteiger partial charge >= 0.3 is 0 Å². The standard InChI is InChI=1S/C16H21ClN6O/c1-12-20-15(21-24-12)11-19-16(18-2)23-9-7-22(8-10-23)14-6-4-3-5-13(14)17/h3-6H,7-11H2,1-2H3,(H,18,19). The number of hydrogen-bond donors (Lipinski definition) is 1. The maximum atomic E-state index is 6.29. The van der Waals surface area contributed by atoms with Gasteiger partial charge in [0.05, 0.1) is 17.3 Å². The van der Waals surface area contributed by atoms with Crippen molar-refractivity contribution >= 4 is 23.2 Å². The maximum absolute atomic E-state index is 6.29. The van der Waals surface area contributed by atoms with Gasteiger partial charge in [-0.3, -0.25) is 4.99 Å². The van der Waals surface area contributed by atoms with Crippen molar-refractivity contribution in [3.8, 4) is 0 Å². The Morgan fingerprint density at radius 1 is 1.29 bits per heavy atom. The number of benzene rings is 1. The second kappa shape index (κ2) is 7.53. The van der Waals surface area contributed by atoms with Crippen LogP contribution in [0.3, 0.4) is 0 Å². The number of piperazine rings is 1. The molecule has 0 aliphatic carbocycles. The summed E-state index contributed by atoms with van der Waals surface area (Å²) in [4.78, 5) is 13.1. The van der Waals surface area contributed by atoms with E-state index in [9.17, 15) is 0 Å². The fourth-order valence-corrected chi connectivity index (χ4v) is 3.03. The maximum Gasteiger partial charge on any atom is 0.223 e. The Labute approximate surface area is 146 Å². The van der Waals surface area contributed by atoms with E-state index in [0.29, 0.717) is 18.3 Å². The highest BCUT2D eigenvalue weighted by atomic mass is 35.5. The third-order valence-corrected chi connectivity index (χ3v) is 4.28. The summed E-state index contributed by atoms with van der Waals surface area (Å²) in [5, 5.41) is 7.96. The third-order valence-electron chi connectivity index (χ3n) is 3.96. The molecular weight excluding hydrogens is 328 g/mol. The summed E-state index contributed by atoms with van der Waals surface area (Å²) >= 11 is 6.29. The molecule has 0 unspecified atom stereocenters. The van der Waals surface area contributed by atoms with Crippen molar-refractivity contribution in [2.75, 3.05) is 38.1 Å². The highest BCUT2D eigenvalue weighted by Crippen LogP contribution is 2.25. The largest absolute Gasteiger partial charge is 0.367 e. The number of para-hydroxylation sites is 1. The van der Waals surface area contributed by atoms with Gasteiger partial charge in [-0.25, -0.2) is 0 Å². The van der Waals surface area contributed by atoms with E-state index in [-0.39, 0.29) is 0 Å². The summed E-state index contributed by atoms with van der Waals surface area (Å²) in [5.74, 6) is 2.04. The topological polar surface area (TPSA) is 69.8 Å². The molecule has 2 heterocycles. The number of aliphatic imine (C=N–C) groups is 1. The average Bonchev–Trinajstić information content (AvgIpc) is 3.02. The monoisotopic (exact) mass is 348 g/mol. The van der Waals surface area contributed by atoms with Crippen LogP contribution in [0.1, 0.15) is 11.7 Å². The lowest BCUT2D eigenvalue weighted by atomic mass is 10.2. The number of rotatable bonds is 3. The molecule has 1 aromatic carbocycles. The van der Waals surface area contributed by atoms with Gasteiger partial charge in [0.2, 0.25) is 5.89 Å². The van der Waals surface area contributed by atoms with Crippen LogP contribution in [0, 0.1) is 6.92 Å². The summed E-state index contributed by atoms with van der Waals surface area (Å²) in [6, 6.07) is 7.95. The van der Waals surface area contributed by atoms with Crippen molar-refractivity contribution in [1.29, 1.82) is 0 Å². The average molecular weight is 349 g/mol. The molecule has 0 atom stereocenters. The van der Waals surface area contributed by atoms with Crippen LogP contribution in [0.4, 0.5) is 5.69 Å². The molecule has 7 nitrogen and oxygen atoms in total. The van der Waals surface area contributed by atoms with Crippen molar-refractivity contribution < 1.29 is 4.52 Å². The summed E-state index contributed by atoms with van der Waals surface area (Å²) < 4.78 is 4.98. The van der Waals surface area contributed by atoms with Gasteiger partial charge in [0.25, 0.3) is 0 Å². The van der Waals surface area contributed by atoms with E-state index < -0.39 is 0 Å². The highest BCUT2D eigenvalue weighted by Gasteiger charge is 2.21. The minimum absolute atomic E-state index is 0.495. The summed E-state index contributed by atoms with van der Waals surface area (Å²) in [5.41, 5.74) is 1.09. The Balaban J connectivity index is 1.55.